The Bertz CT molecular complexity index is 841. The van der Waals surface area contributed by atoms with Crippen molar-refractivity contribution in [1.29, 1.82) is 0 Å². The highest BCUT2D eigenvalue weighted by Crippen LogP contribution is 2.42. The number of urea groups is 1. The summed E-state index contributed by atoms with van der Waals surface area (Å²) in [5.74, 6) is -0.418. The van der Waals surface area contributed by atoms with Gasteiger partial charge in [-0.2, -0.15) is 0 Å². The summed E-state index contributed by atoms with van der Waals surface area (Å²) in [6, 6.07) is 5.22. The van der Waals surface area contributed by atoms with Gasteiger partial charge in [0, 0.05) is 24.7 Å². The first-order chi connectivity index (χ1) is 14.8. The third-order valence-electron chi connectivity index (χ3n) is 7.36. The van der Waals surface area contributed by atoms with Crippen molar-refractivity contribution in [2.75, 3.05) is 19.8 Å². The minimum atomic E-state index is -0.767. The molecule has 0 aromatic heterocycles. The number of carbonyl (C=O) groups excluding carboxylic acids is 3. The van der Waals surface area contributed by atoms with Crippen molar-refractivity contribution in [3.8, 4) is 0 Å². The Hall–Kier alpha value is -2.48. The van der Waals surface area contributed by atoms with Crippen LogP contribution in [0.2, 0.25) is 0 Å². The fourth-order valence-corrected chi connectivity index (χ4v) is 5.37. The van der Waals surface area contributed by atoms with Gasteiger partial charge in [-0.15, -0.1) is 0 Å². The number of piperidine rings is 1. The predicted molar refractivity (Wildman–Crippen MR) is 114 cm³/mol. The zero-order chi connectivity index (χ0) is 22.2. The number of nitrogens with zero attached hydrogens (tertiary/aromatic N) is 2. The molecule has 3 fully saturated rings. The SMILES string of the molecule is C[C@@H]1CCC[C@@H](C)C12NC(=O)N(CN1CCC(NC(=O)c3ccc(F)cc3)CC1)C2=O. The van der Waals surface area contributed by atoms with Crippen molar-refractivity contribution in [3.05, 3.63) is 35.6 Å². The van der Waals surface area contributed by atoms with E-state index in [0.29, 0.717) is 18.7 Å². The highest BCUT2D eigenvalue weighted by atomic mass is 19.1. The van der Waals surface area contributed by atoms with Gasteiger partial charge < -0.3 is 10.6 Å². The van der Waals surface area contributed by atoms with Crippen LogP contribution in [0.25, 0.3) is 0 Å². The molecule has 4 amide bonds. The van der Waals surface area contributed by atoms with E-state index in [1.54, 1.807) is 0 Å². The normalized spacial score (nSPS) is 26.9. The van der Waals surface area contributed by atoms with Gasteiger partial charge in [0.15, 0.2) is 0 Å². The third-order valence-corrected chi connectivity index (χ3v) is 7.36. The minimum Gasteiger partial charge on any atom is -0.349 e. The van der Waals surface area contributed by atoms with Gasteiger partial charge in [0.2, 0.25) is 0 Å². The lowest BCUT2D eigenvalue weighted by atomic mass is 9.67. The monoisotopic (exact) mass is 430 g/mol. The molecule has 1 aliphatic carbocycles. The van der Waals surface area contributed by atoms with Gasteiger partial charge in [-0.05, 0) is 61.8 Å². The van der Waals surface area contributed by atoms with Gasteiger partial charge in [-0.3, -0.25) is 14.5 Å². The van der Waals surface area contributed by atoms with E-state index >= 15 is 0 Å². The van der Waals surface area contributed by atoms with Gasteiger partial charge in [0.05, 0.1) is 6.67 Å². The molecule has 2 atom stereocenters. The molecule has 1 spiro atoms. The number of carbonyl (C=O) groups is 3. The van der Waals surface area contributed by atoms with Crippen LogP contribution in [-0.2, 0) is 4.79 Å². The largest absolute Gasteiger partial charge is 0.349 e. The standard InChI is InChI=1S/C23H31FN4O3/c1-15-4-3-5-16(2)23(15)21(30)28(22(31)26-23)14-27-12-10-19(11-13-27)25-20(29)17-6-8-18(24)9-7-17/h6-9,15-16,19H,3-5,10-14H2,1-2H3,(H,25,29)(H,26,31)/t15-,16-/m1/s1. The first-order valence-corrected chi connectivity index (χ1v) is 11.2. The van der Waals surface area contributed by atoms with Crippen molar-refractivity contribution in [3.63, 3.8) is 0 Å². The molecular formula is C23H31FN4O3. The van der Waals surface area contributed by atoms with Gasteiger partial charge in [0.1, 0.15) is 11.4 Å². The lowest BCUT2D eigenvalue weighted by Gasteiger charge is -2.42. The second-order valence-corrected chi connectivity index (χ2v) is 9.28. The molecule has 2 saturated heterocycles. The van der Waals surface area contributed by atoms with Gasteiger partial charge in [-0.1, -0.05) is 20.3 Å². The summed E-state index contributed by atoms with van der Waals surface area (Å²) >= 11 is 0. The Morgan fingerprint density at radius 3 is 2.32 bits per heavy atom. The maximum atomic E-state index is 13.3. The summed E-state index contributed by atoms with van der Waals surface area (Å²) < 4.78 is 13.0. The number of benzene rings is 1. The van der Waals surface area contributed by atoms with Crippen molar-refractivity contribution in [1.82, 2.24) is 20.4 Å². The lowest BCUT2D eigenvalue weighted by Crippen LogP contribution is -2.59. The molecule has 3 aliphatic rings. The van der Waals surface area contributed by atoms with E-state index in [1.165, 1.54) is 29.2 Å². The number of nitrogens with one attached hydrogen (secondary N) is 2. The molecule has 31 heavy (non-hydrogen) atoms. The zero-order valence-electron chi connectivity index (χ0n) is 18.2. The lowest BCUT2D eigenvalue weighted by molar-refractivity contribution is -0.138. The highest BCUT2D eigenvalue weighted by molar-refractivity contribution is 6.07. The molecule has 4 rings (SSSR count). The summed E-state index contributed by atoms with van der Waals surface area (Å²) in [6.07, 6.45) is 4.44. The van der Waals surface area contributed by atoms with Crippen LogP contribution in [0, 0.1) is 17.7 Å². The fraction of sp³-hybridized carbons (Fsp3) is 0.609. The van der Waals surface area contributed by atoms with Crippen LogP contribution in [0.4, 0.5) is 9.18 Å². The number of halogens is 1. The number of rotatable bonds is 4. The number of amides is 4. The molecule has 1 saturated carbocycles. The second kappa shape index (κ2) is 8.57. The average Bonchev–Trinajstić information content (AvgIpc) is 2.99. The van der Waals surface area contributed by atoms with Crippen molar-refractivity contribution >= 4 is 17.8 Å². The quantitative estimate of drug-likeness (QED) is 0.720. The molecule has 0 unspecified atom stereocenters. The molecule has 0 radical (unpaired) electrons. The summed E-state index contributed by atoms with van der Waals surface area (Å²) in [7, 11) is 0. The van der Waals surface area contributed by atoms with E-state index in [1.807, 2.05) is 0 Å². The molecule has 1 aromatic rings. The van der Waals surface area contributed by atoms with Crippen LogP contribution >= 0.6 is 0 Å². The second-order valence-electron chi connectivity index (χ2n) is 9.28. The Morgan fingerprint density at radius 1 is 1.10 bits per heavy atom. The van der Waals surface area contributed by atoms with Crippen LogP contribution in [0.1, 0.15) is 56.3 Å². The highest BCUT2D eigenvalue weighted by Gasteiger charge is 2.58. The number of likely N-dealkylation sites (tertiary alicyclic amines) is 1. The van der Waals surface area contributed by atoms with Gasteiger partial charge >= 0.3 is 6.03 Å². The Kier molecular flexibility index (Phi) is 6.01. The predicted octanol–water partition coefficient (Wildman–Crippen LogP) is 2.72. The van der Waals surface area contributed by atoms with E-state index in [2.05, 4.69) is 29.4 Å². The molecule has 7 nitrogen and oxygen atoms in total. The molecular weight excluding hydrogens is 399 g/mol. The minimum absolute atomic E-state index is 0.0154. The van der Waals surface area contributed by atoms with Crippen LogP contribution in [0.15, 0.2) is 24.3 Å². The fourth-order valence-electron chi connectivity index (χ4n) is 5.37. The van der Waals surface area contributed by atoms with E-state index < -0.39 is 5.54 Å². The molecule has 1 aromatic carbocycles. The number of hydrogen-bond acceptors (Lipinski definition) is 4. The van der Waals surface area contributed by atoms with Crippen LogP contribution in [0.3, 0.4) is 0 Å². The third kappa shape index (κ3) is 4.05. The summed E-state index contributed by atoms with van der Waals surface area (Å²) in [5, 5.41) is 6.04. The van der Waals surface area contributed by atoms with E-state index in [9.17, 15) is 18.8 Å². The first kappa shape index (κ1) is 21.7. The maximum absolute atomic E-state index is 13.3. The van der Waals surface area contributed by atoms with Crippen molar-refractivity contribution in [2.24, 2.45) is 11.8 Å². The first-order valence-electron chi connectivity index (χ1n) is 11.2. The van der Waals surface area contributed by atoms with E-state index in [-0.39, 0.29) is 48.2 Å². The maximum Gasteiger partial charge on any atom is 0.326 e. The van der Waals surface area contributed by atoms with Crippen molar-refractivity contribution < 1.29 is 18.8 Å². The molecule has 0 bridgehead atoms. The molecule has 8 heteroatoms. The summed E-state index contributed by atoms with van der Waals surface area (Å²) in [4.78, 5) is 41.8. The molecule has 2 N–H and O–H groups in total. The molecule has 168 valence electrons. The van der Waals surface area contributed by atoms with E-state index in [4.69, 9.17) is 0 Å². The Balaban J connectivity index is 1.32. The average molecular weight is 431 g/mol. The van der Waals surface area contributed by atoms with Gasteiger partial charge in [0.25, 0.3) is 11.8 Å². The van der Waals surface area contributed by atoms with Crippen LogP contribution < -0.4 is 10.6 Å². The molecule has 2 heterocycles. The number of imide groups is 1. The Morgan fingerprint density at radius 2 is 1.71 bits per heavy atom. The van der Waals surface area contributed by atoms with Crippen molar-refractivity contribution in [2.45, 2.75) is 57.5 Å². The smallest absolute Gasteiger partial charge is 0.326 e. The summed E-state index contributed by atoms with van der Waals surface area (Å²) in [6.45, 7) is 5.77. The van der Waals surface area contributed by atoms with Crippen LogP contribution in [-0.4, -0.2) is 59.0 Å². The van der Waals surface area contributed by atoms with E-state index in [0.717, 1.165) is 32.1 Å². The van der Waals surface area contributed by atoms with Crippen LogP contribution in [0.5, 0.6) is 0 Å². The summed E-state index contributed by atoms with van der Waals surface area (Å²) in [5.41, 5.74) is -0.333. The number of hydrogen-bond donors (Lipinski definition) is 2. The Labute approximate surface area is 182 Å². The van der Waals surface area contributed by atoms with Gasteiger partial charge in [-0.25, -0.2) is 14.1 Å². The molecule has 2 aliphatic heterocycles. The topological polar surface area (TPSA) is 81.8 Å². The zero-order valence-corrected chi connectivity index (χ0v) is 18.2.